The maximum absolute atomic E-state index is 14.5. The molecule has 1 aliphatic heterocycles. The number of nitrogens with zero attached hydrogens (tertiary/aromatic N) is 1. The van der Waals surface area contributed by atoms with E-state index < -0.39 is 34.6 Å². The molecule has 2 aromatic carbocycles. The Kier molecular flexibility index (Phi) is 7.46. The Morgan fingerprint density at radius 1 is 1.12 bits per heavy atom. The van der Waals surface area contributed by atoms with Crippen molar-refractivity contribution in [2.45, 2.75) is 39.2 Å². The molecule has 0 spiro atoms. The molecule has 0 unspecified atom stereocenters. The molecule has 0 bridgehead atoms. The number of carbonyl (C=O) groups is 1. The van der Waals surface area contributed by atoms with E-state index in [2.05, 4.69) is 10.6 Å². The van der Waals surface area contributed by atoms with E-state index in [0.717, 1.165) is 18.7 Å². The first-order valence-corrected chi connectivity index (χ1v) is 11.0. The van der Waals surface area contributed by atoms with Gasteiger partial charge in [0.2, 0.25) is 0 Å². The zero-order chi connectivity index (χ0) is 23.5. The smallest absolute Gasteiger partial charge is 0.256 e. The molecule has 1 saturated carbocycles. The van der Waals surface area contributed by atoms with Crippen LogP contribution in [-0.4, -0.2) is 47.7 Å². The monoisotopic (exact) mass is 449 g/mol. The van der Waals surface area contributed by atoms with E-state index in [-0.39, 0.29) is 24.3 Å². The highest BCUT2D eigenvalue weighted by Gasteiger charge is 2.44. The zero-order valence-electron chi connectivity index (χ0n) is 18.6. The summed E-state index contributed by atoms with van der Waals surface area (Å²) in [6.45, 7) is 7.08. The Morgan fingerprint density at radius 2 is 1.81 bits per heavy atom. The third-order valence-electron chi connectivity index (χ3n) is 5.55. The molecule has 2 aliphatic rings. The van der Waals surface area contributed by atoms with E-state index in [9.17, 15) is 23.1 Å². The SMILES string of the molecule is CC.Cc1ccc(Nc2c(C(=O)N3CC(O)(CNCC4CC4)C3)ccc(F)c2F)c(F)c1. The summed E-state index contributed by atoms with van der Waals surface area (Å²) in [7, 11) is 0. The molecule has 1 saturated heterocycles. The van der Waals surface area contributed by atoms with Crippen LogP contribution in [0.2, 0.25) is 0 Å². The lowest BCUT2D eigenvalue weighted by Gasteiger charge is -2.46. The van der Waals surface area contributed by atoms with Crippen LogP contribution in [-0.2, 0) is 0 Å². The van der Waals surface area contributed by atoms with Crippen LogP contribution < -0.4 is 10.6 Å². The van der Waals surface area contributed by atoms with Crippen LogP contribution in [0.4, 0.5) is 24.5 Å². The minimum absolute atomic E-state index is 0.0662. The summed E-state index contributed by atoms with van der Waals surface area (Å²) in [5.74, 6) is -2.94. The lowest BCUT2D eigenvalue weighted by molar-refractivity contribution is -0.0785. The van der Waals surface area contributed by atoms with Gasteiger partial charge in [0.15, 0.2) is 11.6 Å². The first-order chi connectivity index (χ1) is 15.3. The molecule has 2 aromatic rings. The Morgan fingerprint density at radius 3 is 2.44 bits per heavy atom. The number of halogens is 3. The molecule has 2 fully saturated rings. The standard InChI is InChI=1S/C22H24F3N3O2.C2H6/c1-13-2-7-18(17(24)8-13)27-20-15(5-6-16(23)19(20)25)21(29)28-11-22(30,12-28)10-26-9-14-3-4-14;1-2/h2,5-8,14,26-27,30H,3-4,9-12H2,1H3;1-2H3. The Hall–Kier alpha value is -2.58. The van der Waals surface area contributed by atoms with Crippen molar-refractivity contribution >= 4 is 17.3 Å². The summed E-state index contributed by atoms with van der Waals surface area (Å²) in [5, 5.41) is 16.3. The number of aryl methyl sites for hydroxylation is 1. The van der Waals surface area contributed by atoms with Crippen LogP contribution in [0.1, 0.15) is 42.6 Å². The van der Waals surface area contributed by atoms with Crippen molar-refractivity contribution in [2.24, 2.45) is 5.92 Å². The molecule has 1 aliphatic carbocycles. The number of likely N-dealkylation sites (tertiary alicyclic amines) is 1. The molecule has 32 heavy (non-hydrogen) atoms. The van der Waals surface area contributed by atoms with Crippen LogP contribution >= 0.6 is 0 Å². The number of anilines is 2. The number of amides is 1. The van der Waals surface area contributed by atoms with E-state index in [1.54, 1.807) is 13.0 Å². The number of β-amino-alcohol motifs (C(OH)–C–C–N with tert-alkyl or cyclic N) is 1. The van der Waals surface area contributed by atoms with E-state index in [0.29, 0.717) is 18.0 Å². The molecule has 1 amide bonds. The van der Waals surface area contributed by atoms with Gasteiger partial charge in [0.25, 0.3) is 5.91 Å². The molecule has 4 rings (SSSR count). The molecule has 0 atom stereocenters. The van der Waals surface area contributed by atoms with Gasteiger partial charge >= 0.3 is 0 Å². The summed E-state index contributed by atoms with van der Waals surface area (Å²) >= 11 is 0. The second-order valence-corrected chi connectivity index (χ2v) is 8.35. The van der Waals surface area contributed by atoms with Crippen LogP contribution in [0.3, 0.4) is 0 Å². The molecular weight excluding hydrogens is 419 g/mol. The molecule has 3 N–H and O–H groups in total. The van der Waals surface area contributed by atoms with Gasteiger partial charge in [0.05, 0.1) is 30.0 Å². The maximum atomic E-state index is 14.5. The first-order valence-electron chi connectivity index (χ1n) is 11.0. The summed E-state index contributed by atoms with van der Waals surface area (Å²) < 4.78 is 42.6. The number of nitrogens with one attached hydrogen (secondary N) is 2. The predicted octanol–water partition coefficient (Wildman–Crippen LogP) is 4.37. The second-order valence-electron chi connectivity index (χ2n) is 8.35. The average molecular weight is 450 g/mol. The lowest BCUT2D eigenvalue weighted by atomic mass is 9.92. The molecular formula is C24H30F3N3O2. The number of hydrogen-bond acceptors (Lipinski definition) is 4. The highest BCUT2D eigenvalue weighted by molar-refractivity contribution is 6.01. The van der Waals surface area contributed by atoms with Crippen molar-refractivity contribution in [1.82, 2.24) is 10.2 Å². The summed E-state index contributed by atoms with van der Waals surface area (Å²) in [6.07, 6.45) is 2.40. The third-order valence-corrected chi connectivity index (χ3v) is 5.55. The number of rotatable bonds is 7. The predicted molar refractivity (Wildman–Crippen MR) is 119 cm³/mol. The van der Waals surface area contributed by atoms with E-state index in [1.807, 2.05) is 13.8 Å². The first kappa shape index (κ1) is 24.1. The summed E-state index contributed by atoms with van der Waals surface area (Å²) in [4.78, 5) is 14.3. The third kappa shape index (κ3) is 5.42. The van der Waals surface area contributed by atoms with E-state index in [4.69, 9.17) is 0 Å². The summed E-state index contributed by atoms with van der Waals surface area (Å²) in [5.41, 5.74) is -0.987. The van der Waals surface area contributed by atoms with Crippen LogP contribution in [0.5, 0.6) is 0 Å². The maximum Gasteiger partial charge on any atom is 0.256 e. The molecule has 174 valence electrons. The zero-order valence-corrected chi connectivity index (χ0v) is 18.6. The van der Waals surface area contributed by atoms with Crippen molar-refractivity contribution in [2.75, 3.05) is 31.5 Å². The Labute approximate surface area is 186 Å². The van der Waals surface area contributed by atoms with Crippen LogP contribution in [0, 0.1) is 30.3 Å². The molecule has 1 heterocycles. The van der Waals surface area contributed by atoms with Crippen molar-refractivity contribution < 1.29 is 23.1 Å². The molecule has 5 nitrogen and oxygen atoms in total. The van der Waals surface area contributed by atoms with Gasteiger partial charge in [-0.2, -0.15) is 0 Å². The van der Waals surface area contributed by atoms with Gasteiger partial charge in [-0.1, -0.05) is 19.9 Å². The van der Waals surface area contributed by atoms with Gasteiger partial charge < -0.3 is 20.6 Å². The molecule has 0 radical (unpaired) electrons. The van der Waals surface area contributed by atoms with Crippen LogP contribution in [0.15, 0.2) is 30.3 Å². The number of carbonyl (C=O) groups excluding carboxylic acids is 1. The highest BCUT2D eigenvalue weighted by atomic mass is 19.2. The lowest BCUT2D eigenvalue weighted by Crippen LogP contribution is -2.67. The van der Waals surface area contributed by atoms with Gasteiger partial charge in [-0.05, 0) is 62.1 Å². The number of hydrogen-bond donors (Lipinski definition) is 3. The van der Waals surface area contributed by atoms with E-state index in [1.165, 1.54) is 29.9 Å². The van der Waals surface area contributed by atoms with Gasteiger partial charge in [-0.3, -0.25) is 4.79 Å². The Bertz CT molecular complexity index is 973. The minimum atomic E-state index is -1.26. The Balaban J connectivity index is 0.00000141. The van der Waals surface area contributed by atoms with Gasteiger partial charge in [0.1, 0.15) is 11.4 Å². The van der Waals surface area contributed by atoms with E-state index >= 15 is 0 Å². The quantitative estimate of drug-likeness (QED) is 0.588. The van der Waals surface area contributed by atoms with Crippen molar-refractivity contribution in [3.63, 3.8) is 0 Å². The van der Waals surface area contributed by atoms with Crippen molar-refractivity contribution in [3.05, 3.63) is 58.9 Å². The molecule has 8 heteroatoms. The normalized spacial score (nSPS) is 16.7. The topological polar surface area (TPSA) is 64.6 Å². The van der Waals surface area contributed by atoms with Gasteiger partial charge in [-0.15, -0.1) is 0 Å². The fourth-order valence-corrected chi connectivity index (χ4v) is 3.63. The number of benzene rings is 2. The number of aliphatic hydroxyl groups is 1. The fraction of sp³-hybridized carbons (Fsp3) is 0.458. The molecule has 0 aromatic heterocycles. The van der Waals surface area contributed by atoms with Crippen molar-refractivity contribution in [3.8, 4) is 0 Å². The van der Waals surface area contributed by atoms with Gasteiger partial charge in [0, 0.05) is 6.54 Å². The highest BCUT2D eigenvalue weighted by Crippen LogP contribution is 2.32. The largest absolute Gasteiger partial charge is 0.385 e. The second kappa shape index (κ2) is 9.92. The fourth-order valence-electron chi connectivity index (χ4n) is 3.63. The van der Waals surface area contributed by atoms with Crippen LogP contribution in [0.25, 0.3) is 0 Å². The van der Waals surface area contributed by atoms with Gasteiger partial charge in [-0.25, -0.2) is 13.2 Å². The minimum Gasteiger partial charge on any atom is -0.385 e. The average Bonchev–Trinajstić information content (AvgIpc) is 3.57. The van der Waals surface area contributed by atoms with Crippen molar-refractivity contribution in [1.29, 1.82) is 0 Å². The summed E-state index contributed by atoms with van der Waals surface area (Å²) in [6, 6.07) is 6.30.